The molecule has 1 N–H and O–H groups in total. The number of carbonyl (C=O) groups excluding carboxylic acids is 2. The summed E-state index contributed by atoms with van der Waals surface area (Å²) in [5.41, 5.74) is 3.76. The molecule has 10 heteroatoms. The minimum absolute atomic E-state index is 0.00823. The fourth-order valence-electron chi connectivity index (χ4n) is 6.20. The van der Waals surface area contributed by atoms with Crippen LogP contribution in [0.4, 0.5) is 5.69 Å². The standard InChI is InChI=1S/C39H44ClN3O5S/c1-28-14-18-31(19-15-28)26-42(36(24-30-10-6-4-7-11-30)39(45)41-33-12-8-5-9-13-33)38(44)27-43(35-25-32(40)20-23-37(35)48-3)49(46,47)34-21-16-29(2)17-22-34/h4,6-7,10-11,14-23,25,33,36H,5,8-9,12-13,24,26-27H2,1-3H3,(H,41,45)/t36-/m0/s1. The number of sulfonamides is 1. The van der Waals surface area contributed by atoms with Crippen LogP contribution in [0.1, 0.15) is 54.4 Å². The van der Waals surface area contributed by atoms with E-state index in [9.17, 15) is 18.0 Å². The number of halogens is 1. The molecule has 1 atom stereocenters. The predicted molar refractivity (Wildman–Crippen MR) is 194 cm³/mol. The third kappa shape index (κ3) is 9.22. The maximum atomic E-state index is 14.8. The first-order valence-corrected chi connectivity index (χ1v) is 18.5. The third-order valence-corrected chi connectivity index (χ3v) is 11.0. The number of ether oxygens (including phenoxy) is 1. The average molecular weight is 702 g/mol. The second-order valence-corrected chi connectivity index (χ2v) is 15.0. The Morgan fingerprint density at radius 2 is 1.49 bits per heavy atom. The summed E-state index contributed by atoms with van der Waals surface area (Å²) >= 11 is 6.40. The molecule has 5 rings (SSSR count). The van der Waals surface area contributed by atoms with Crippen molar-refractivity contribution in [3.63, 3.8) is 0 Å². The van der Waals surface area contributed by atoms with Crippen LogP contribution in [-0.4, -0.2) is 50.9 Å². The van der Waals surface area contributed by atoms with Gasteiger partial charge in [-0.3, -0.25) is 13.9 Å². The maximum absolute atomic E-state index is 14.8. The number of aryl methyl sites for hydroxylation is 2. The van der Waals surface area contributed by atoms with Crippen molar-refractivity contribution >= 4 is 39.1 Å². The Balaban J connectivity index is 1.60. The van der Waals surface area contributed by atoms with E-state index < -0.39 is 28.5 Å². The van der Waals surface area contributed by atoms with Gasteiger partial charge in [-0.05, 0) is 68.1 Å². The van der Waals surface area contributed by atoms with Crippen molar-refractivity contribution < 1.29 is 22.7 Å². The summed E-state index contributed by atoms with van der Waals surface area (Å²) in [6.45, 7) is 3.35. The van der Waals surface area contributed by atoms with Crippen molar-refractivity contribution in [2.24, 2.45) is 0 Å². The van der Waals surface area contributed by atoms with E-state index in [0.717, 1.165) is 58.7 Å². The highest BCUT2D eigenvalue weighted by molar-refractivity contribution is 7.92. The summed E-state index contributed by atoms with van der Waals surface area (Å²) in [5.74, 6) is -0.573. The molecule has 1 aliphatic carbocycles. The molecule has 0 radical (unpaired) electrons. The van der Waals surface area contributed by atoms with Crippen molar-refractivity contribution in [1.82, 2.24) is 10.2 Å². The number of nitrogens with one attached hydrogen (secondary N) is 1. The van der Waals surface area contributed by atoms with Crippen molar-refractivity contribution in [1.29, 1.82) is 0 Å². The number of methoxy groups -OCH3 is 1. The van der Waals surface area contributed by atoms with Crippen LogP contribution in [0, 0.1) is 13.8 Å². The lowest BCUT2D eigenvalue weighted by molar-refractivity contribution is -0.140. The summed E-state index contributed by atoms with van der Waals surface area (Å²) in [6.07, 6.45) is 5.22. The first kappa shape index (κ1) is 36.0. The largest absolute Gasteiger partial charge is 0.495 e. The SMILES string of the molecule is COc1ccc(Cl)cc1N(CC(=O)N(Cc1ccc(C)cc1)[C@@H](Cc1ccccc1)C(=O)NC1CCCCC1)S(=O)(=O)c1ccc(C)cc1. The normalized spacial score (nSPS) is 14.1. The van der Waals surface area contributed by atoms with Crippen molar-refractivity contribution in [3.8, 4) is 5.75 Å². The van der Waals surface area contributed by atoms with Gasteiger partial charge < -0.3 is 15.0 Å². The number of anilines is 1. The number of amides is 2. The number of carbonyl (C=O) groups is 2. The van der Waals surface area contributed by atoms with Crippen LogP contribution >= 0.6 is 11.6 Å². The van der Waals surface area contributed by atoms with Gasteiger partial charge in [-0.15, -0.1) is 0 Å². The summed E-state index contributed by atoms with van der Waals surface area (Å²) in [6, 6.07) is 27.5. The molecule has 0 spiro atoms. The Hall–Kier alpha value is -4.34. The van der Waals surface area contributed by atoms with Crippen LogP contribution in [-0.2, 0) is 32.6 Å². The predicted octanol–water partition coefficient (Wildman–Crippen LogP) is 7.25. The van der Waals surface area contributed by atoms with Gasteiger partial charge in [-0.2, -0.15) is 0 Å². The van der Waals surface area contributed by atoms with E-state index in [1.165, 1.54) is 30.2 Å². The van der Waals surface area contributed by atoms with Crippen LogP contribution in [0.25, 0.3) is 0 Å². The molecule has 1 aliphatic rings. The zero-order valence-corrected chi connectivity index (χ0v) is 29.8. The first-order chi connectivity index (χ1) is 23.5. The van der Waals surface area contributed by atoms with Gasteiger partial charge in [0, 0.05) is 24.0 Å². The Bertz CT molecular complexity index is 1830. The van der Waals surface area contributed by atoms with Gasteiger partial charge in [0.2, 0.25) is 11.8 Å². The van der Waals surface area contributed by atoms with E-state index in [-0.39, 0.29) is 46.3 Å². The van der Waals surface area contributed by atoms with Crippen molar-refractivity contribution in [3.05, 3.63) is 124 Å². The highest BCUT2D eigenvalue weighted by Gasteiger charge is 2.36. The van der Waals surface area contributed by atoms with E-state index in [1.807, 2.05) is 68.4 Å². The molecule has 0 aromatic heterocycles. The Labute approximate surface area is 295 Å². The van der Waals surface area contributed by atoms with Crippen molar-refractivity contribution in [2.75, 3.05) is 18.0 Å². The van der Waals surface area contributed by atoms with Crippen LogP contribution < -0.4 is 14.4 Å². The molecular formula is C39H44ClN3O5S. The monoisotopic (exact) mass is 701 g/mol. The second kappa shape index (κ2) is 16.4. The minimum Gasteiger partial charge on any atom is -0.495 e. The van der Waals surface area contributed by atoms with Gasteiger partial charge in [0.1, 0.15) is 18.3 Å². The van der Waals surface area contributed by atoms with Crippen LogP contribution in [0.2, 0.25) is 5.02 Å². The number of benzene rings is 4. The van der Waals surface area contributed by atoms with Crippen LogP contribution in [0.5, 0.6) is 5.75 Å². The lowest BCUT2D eigenvalue weighted by Crippen LogP contribution is -2.55. The number of rotatable bonds is 13. The zero-order valence-electron chi connectivity index (χ0n) is 28.3. The van der Waals surface area contributed by atoms with Gasteiger partial charge in [0.05, 0.1) is 17.7 Å². The molecule has 0 unspecified atom stereocenters. The lowest BCUT2D eigenvalue weighted by atomic mass is 9.94. The summed E-state index contributed by atoms with van der Waals surface area (Å²) in [4.78, 5) is 30.6. The maximum Gasteiger partial charge on any atom is 0.264 e. The number of nitrogens with zero attached hydrogens (tertiary/aromatic N) is 2. The Morgan fingerprint density at radius 3 is 2.12 bits per heavy atom. The van der Waals surface area contributed by atoms with E-state index in [1.54, 1.807) is 24.3 Å². The lowest BCUT2D eigenvalue weighted by Gasteiger charge is -2.35. The number of hydrogen-bond acceptors (Lipinski definition) is 5. The molecule has 49 heavy (non-hydrogen) atoms. The molecule has 0 bridgehead atoms. The van der Waals surface area contributed by atoms with Gasteiger partial charge in [-0.25, -0.2) is 8.42 Å². The van der Waals surface area contributed by atoms with Gasteiger partial charge >= 0.3 is 0 Å². The van der Waals surface area contributed by atoms with Crippen LogP contribution in [0.3, 0.4) is 0 Å². The fourth-order valence-corrected chi connectivity index (χ4v) is 7.78. The summed E-state index contributed by atoms with van der Waals surface area (Å²) < 4.78 is 35.4. The highest BCUT2D eigenvalue weighted by atomic mass is 35.5. The Morgan fingerprint density at radius 1 is 0.857 bits per heavy atom. The molecule has 1 fully saturated rings. The molecule has 1 saturated carbocycles. The minimum atomic E-state index is -4.31. The molecule has 0 aliphatic heterocycles. The van der Waals surface area contributed by atoms with E-state index in [0.29, 0.717) is 0 Å². The molecule has 0 heterocycles. The van der Waals surface area contributed by atoms with Crippen LogP contribution in [0.15, 0.2) is 102 Å². The number of hydrogen-bond donors (Lipinski definition) is 1. The van der Waals surface area contributed by atoms with Gasteiger partial charge in [0.25, 0.3) is 10.0 Å². The first-order valence-electron chi connectivity index (χ1n) is 16.7. The smallest absolute Gasteiger partial charge is 0.264 e. The molecular weight excluding hydrogens is 658 g/mol. The zero-order chi connectivity index (χ0) is 35.0. The summed E-state index contributed by atoms with van der Waals surface area (Å²) in [7, 11) is -2.88. The molecule has 4 aromatic carbocycles. The fraction of sp³-hybridized carbons (Fsp3) is 0.333. The van der Waals surface area contributed by atoms with Gasteiger partial charge in [-0.1, -0.05) is 109 Å². The van der Waals surface area contributed by atoms with Crippen molar-refractivity contribution in [2.45, 2.75) is 75.9 Å². The van der Waals surface area contributed by atoms with E-state index in [4.69, 9.17) is 16.3 Å². The second-order valence-electron chi connectivity index (χ2n) is 12.7. The molecule has 258 valence electrons. The molecule has 4 aromatic rings. The highest BCUT2D eigenvalue weighted by Crippen LogP contribution is 2.35. The summed E-state index contributed by atoms with van der Waals surface area (Å²) in [5, 5.41) is 3.52. The molecule has 8 nitrogen and oxygen atoms in total. The third-order valence-electron chi connectivity index (χ3n) is 8.99. The topological polar surface area (TPSA) is 96.0 Å². The van der Waals surface area contributed by atoms with E-state index in [2.05, 4.69) is 5.32 Å². The van der Waals surface area contributed by atoms with E-state index >= 15 is 0 Å². The quantitative estimate of drug-likeness (QED) is 0.159. The molecule has 0 saturated heterocycles. The van der Waals surface area contributed by atoms with Gasteiger partial charge in [0.15, 0.2) is 0 Å². The Kier molecular flexibility index (Phi) is 12.0. The average Bonchev–Trinajstić information content (AvgIpc) is 3.10. The molecule has 2 amide bonds.